The molecule has 2 aromatic carbocycles. The lowest BCUT2D eigenvalue weighted by molar-refractivity contribution is 0.477. The first kappa shape index (κ1) is 13.3. The fraction of sp³-hybridized carbons (Fsp3) is 0.0769. The Morgan fingerprint density at radius 3 is 2.50 bits per heavy atom. The van der Waals surface area contributed by atoms with Gasteiger partial charge in [-0.25, -0.2) is 4.39 Å². The summed E-state index contributed by atoms with van der Waals surface area (Å²) in [6.45, 7) is 0.455. The summed E-state index contributed by atoms with van der Waals surface area (Å²) in [5, 5.41) is 0.227. The molecule has 0 heterocycles. The predicted molar refractivity (Wildman–Crippen MR) is 73.5 cm³/mol. The van der Waals surface area contributed by atoms with Gasteiger partial charge in [-0.3, -0.25) is 0 Å². The standard InChI is InChI=1S/C13H10BrClFNO/c14-10-5-8(7-17)1-3-12(10)18-13-4-2-9(16)6-11(13)15/h1-6H,7,17H2. The van der Waals surface area contributed by atoms with E-state index in [4.69, 9.17) is 22.1 Å². The SMILES string of the molecule is NCc1ccc(Oc2ccc(F)cc2Cl)c(Br)c1. The van der Waals surface area contributed by atoms with Gasteiger partial charge < -0.3 is 10.5 Å². The van der Waals surface area contributed by atoms with Gasteiger partial charge >= 0.3 is 0 Å². The molecule has 0 unspecified atom stereocenters. The molecule has 0 aliphatic rings. The summed E-state index contributed by atoms with van der Waals surface area (Å²) in [5.41, 5.74) is 6.52. The van der Waals surface area contributed by atoms with Gasteiger partial charge in [0.2, 0.25) is 0 Å². The minimum absolute atomic E-state index is 0.227. The van der Waals surface area contributed by atoms with Crippen LogP contribution in [0.3, 0.4) is 0 Å². The molecule has 0 saturated carbocycles. The summed E-state index contributed by atoms with van der Waals surface area (Å²) in [6, 6.07) is 9.50. The Morgan fingerprint density at radius 1 is 1.17 bits per heavy atom. The van der Waals surface area contributed by atoms with Gasteiger partial charge in [-0.15, -0.1) is 0 Å². The van der Waals surface area contributed by atoms with E-state index in [1.165, 1.54) is 18.2 Å². The van der Waals surface area contributed by atoms with Crippen LogP contribution in [-0.2, 0) is 6.54 Å². The second kappa shape index (κ2) is 5.69. The third kappa shape index (κ3) is 3.02. The van der Waals surface area contributed by atoms with E-state index in [0.29, 0.717) is 18.0 Å². The zero-order valence-electron chi connectivity index (χ0n) is 9.29. The quantitative estimate of drug-likeness (QED) is 0.899. The largest absolute Gasteiger partial charge is 0.455 e. The van der Waals surface area contributed by atoms with Crippen molar-refractivity contribution in [1.29, 1.82) is 0 Å². The highest BCUT2D eigenvalue weighted by atomic mass is 79.9. The van der Waals surface area contributed by atoms with Crippen molar-refractivity contribution in [3.05, 3.63) is 57.3 Å². The average molecular weight is 331 g/mol. The summed E-state index contributed by atoms with van der Waals surface area (Å²) in [7, 11) is 0. The monoisotopic (exact) mass is 329 g/mol. The lowest BCUT2D eigenvalue weighted by Gasteiger charge is -2.10. The summed E-state index contributed by atoms with van der Waals surface area (Å²) in [5.74, 6) is 0.602. The van der Waals surface area contributed by atoms with Crippen LogP contribution in [0.25, 0.3) is 0 Å². The van der Waals surface area contributed by atoms with Gasteiger partial charge in [0.05, 0.1) is 9.50 Å². The highest BCUT2D eigenvalue weighted by molar-refractivity contribution is 9.10. The fourth-order valence-corrected chi connectivity index (χ4v) is 2.14. The summed E-state index contributed by atoms with van der Waals surface area (Å²) in [4.78, 5) is 0. The first-order chi connectivity index (χ1) is 8.60. The van der Waals surface area contributed by atoms with Crippen molar-refractivity contribution in [2.24, 2.45) is 5.73 Å². The van der Waals surface area contributed by atoms with E-state index in [1.54, 1.807) is 6.07 Å². The number of hydrogen-bond acceptors (Lipinski definition) is 2. The molecule has 94 valence electrons. The molecule has 2 nitrogen and oxygen atoms in total. The highest BCUT2D eigenvalue weighted by Gasteiger charge is 2.07. The van der Waals surface area contributed by atoms with Crippen molar-refractivity contribution in [2.75, 3.05) is 0 Å². The Kier molecular flexibility index (Phi) is 4.22. The van der Waals surface area contributed by atoms with E-state index in [2.05, 4.69) is 15.9 Å². The Labute approximate surface area is 118 Å². The molecule has 0 saturated heterocycles. The Balaban J connectivity index is 2.28. The third-order valence-corrected chi connectivity index (χ3v) is 3.26. The first-order valence-corrected chi connectivity index (χ1v) is 6.38. The number of hydrogen-bond donors (Lipinski definition) is 1. The normalized spacial score (nSPS) is 10.4. The van der Waals surface area contributed by atoms with Gasteiger partial charge in [0.1, 0.15) is 17.3 Å². The molecule has 0 spiro atoms. The summed E-state index contributed by atoms with van der Waals surface area (Å²) < 4.78 is 19.3. The van der Waals surface area contributed by atoms with Crippen molar-refractivity contribution >= 4 is 27.5 Å². The number of benzene rings is 2. The third-order valence-electron chi connectivity index (χ3n) is 2.35. The van der Waals surface area contributed by atoms with Crippen LogP contribution in [0, 0.1) is 5.82 Å². The van der Waals surface area contributed by atoms with E-state index in [1.807, 2.05) is 12.1 Å². The molecule has 0 fully saturated rings. The second-order valence-electron chi connectivity index (χ2n) is 3.65. The van der Waals surface area contributed by atoms with Crippen LogP contribution in [0.15, 0.2) is 40.9 Å². The molecule has 0 aliphatic carbocycles. The van der Waals surface area contributed by atoms with Gasteiger partial charge in [-0.05, 0) is 51.8 Å². The molecule has 0 aromatic heterocycles. The van der Waals surface area contributed by atoms with E-state index < -0.39 is 5.82 Å². The highest BCUT2D eigenvalue weighted by Crippen LogP contribution is 2.34. The molecular formula is C13H10BrClFNO. The minimum atomic E-state index is -0.398. The molecule has 2 aromatic rings. The van der Waals surface area contributed by atoms with Gasteiger partial charge in [0.25, 0.3) is 0 Å². The zero-order chi connectivity index (χ0) is 13.1. The van der Waals surface area contributed by atoms with Crippen LogP contribution in [0.2, 0.25) is 5.02 Å². The number of halogens is 3. The zero-order valence-corrected chi connectivity index (χ0v) is 11.6. The maximum absolute atomic E-state index is 12.9. The van der Waals surface area contributed by atoms with Crippen LogP contribution in [-0.4, -0.2) is 0 Å². The summed E-state index contributed by atoms with van der Waals surface area (Å²) in [6.07, 6.45) is 0. The van der Waals surface area contributed by atoms with E-state index in [9.17, 15) is 4.39 Å². The van der Waals surface area contributed by atoms with E-state index in [0.717, 1.165) is 10.0 Å². The maximum Gasteiger partial charge on any atom is 0.146 e. The minimum Gasteiger partial charge on any atom is -0.455 e. The average Bonchev–Trinajstić information content (AvgIpc) is 2.34. The molecule has 0 amide bonds. The number of rotatable bonds is 3. The molecule has 2 rings (SSSR count). The fourth-order valence-electron chi connectivity index (χ4n) is 1.43. The van der Waals surface area contributed by atoms with Crippen molar-refractivity contribution in [2.45, 2.75) is 6.54 Å². The molecule has 0 atom stereocenters. The molecule has 18 heavy (non-hydrogen) atoms. The Bertz CT molecular complexity index is 577. The van der Waals surface area contributed by atoms with Crippen LogP contribution in [0.4, 0.5) is 4.39 Å². The maximum atomic E-state index is 12.9. The van der Waals surface area contributed by atoms with Crippen molar-refractivity contribution < 1.29 is 9.13 Å². The van der Waals surface area contributed by atoms with E-state index >= 15 is 0 Å². The van der Waals surface area contributed by atoms with Gasteiger partial charge in [0.15, 0.2) is 0 Å². The molecule has 5 heteroatoms. The van der Waals surface area contributed by atoms with Crippen LogP contribution >= 0.6 is 27.5 Å². The topological polar surface area (TPSA) is 35.2 Å². The predicted octanol–water partition coefficient (Wildman–Crippen LogP) is 4.49. The smallest absolute Gasteiger partial charge is 0.146 e. The Hall–Kier alpha value is -1.10. The molecular weight excluding hydrogens is 321 g/mol. The molecule has 0 radical (unpaired) electrons. The van der Waals surface area contributed by atoms with Crippen molar-refractivity contribution in [3.63, 3.8) is 0 Å². The van der Waals surface area contributed by atoms with Gasteiger partial charge in [-0.1, -0.05) is 17.7 Å². The number of ether oxygens (including phenoxy) is 1. The van der Waals surface area contributed by atoms with Crippen molar-refractivity contribution in [3.8, 4) is 11.5 Å². The summed E-state index contributed by atoms with van der Waals surface area (Å²) >= 11 is 9.28. The molecule has 0 aliphatic heterocycles. The Morgan fingerprint density at radius 2 is 1.89 bits per heavy atom. The van der Waals surface area contributed by atoms with Crippen LogP contribution in [0.5, 0.6) is 11.5 Å². The molecule has 2 N–H and O–H groups in total. The lowest BCUT2D eigenvalue weighted by Crippen LogP contribution is -1.96. The number of nitrogens with two attached hydrogens (primary N) is 1. The van der Waals surface area contributed by atoms with Crippen LogP contribution < -0.4 is 10.5 Å². The second-order valence-corrected chi connectivity index (χ2v) is 4.91. The van der Waals surface area contributed by atoms with Crippen molar-refractivity contribution in [1.82, 2.24) is 0 Å². The van der Waals surface area contributed by atoms with E-state index in [-0.39, 0.29) is 5.02 Å². The lowest BCUT2D eigenvalue weighted by atomic mass is 10.2. The van der Waals surface area contributed by atoms with Gasteiger partial charge in [0, 0.05) is 6.54 Å². The first-order valence-electron chi connectivity index (χ1n) is 5.21. The van der Waals surface area contributed by atoms with Crippen LogP contribution in [0.1, 0.15) is 5.56 Å². The van der Waals surface area contributed by atoms with Gasteiger partial charge in [-0.2, -0.15) is 0 Å². The molecule has 0 bridgehead atoms.